The highest BCUT2D eigenvalue weighted by Gasteiger charge is 2.55. The predicted octanol–water partition coefficient (Wildman–Crippen LogP) is 0.820. The van der Waals surface area contributed by atoms with Crippen molar-refractivity contribution in [1.29, 1.82) is 0 Å². The standard InChI is InChI=1S/C26H31N3O10S2/c1-18-3-9-21(10-4-18)41(36,37)29(26(2,24(31)32)23(30)22-17-40(34,35)16-11-27-22)19-5-7-20(8-6-19)39-25(33)28-12-14-38-15-13-28/h3-10,22,27H,11-17H2,1-2H3,(H,31,32)/t22?,26-/m1/s1. The fraction of sp³-hybridized carbons (Fsp3) is 0.423. The van der Waals surface area contributed by atoms with Crippen LogP contribution in [0.2, 0.25) is 0 Å². The average molecular weight is 610 g/mol. The molecule has 2 heterocycles. The number of anilines is 1. The van der Waals surface area contributed by atoms with Crippen LogP contribution in [0.1, 0.15) is 12.5 Å². The molecule has 2 aliphatic heterocycles. The lowest BCUT2D eigenvalue weighted by Gasteiger charge is -2.39. The van der Waals surface area contributed by atoms with Crippen LogP contribution in [0, 0.1) is 6.92 Å². The van der Waals surface area contributed by atoms with Crippen LogP contribution in [0.3, 0.4) is 0 Å². The molecular formula is C26H31N3O10S2. The molecule has 1 amide bonds. The normalized spacial score (nSPS) is 20.4. The van der Waals surface area contributed by atoms with Gasteiger partial charge in [0.1, 0.15) is 5.75 Å². The Bertz CT molecular complexity index is 1520. The number of sulfone groups is 1. The van der Waals surface area contributed by atoms with Crippen LogP contribution in [0.25, 0.3) is 0 Å². The number of rotatable bonds is 8. The molecule has 2 aromatic rings. The lowest BCUT2D eigenvalue weighted by atomic mass is 9.91. The fourth-order valence-corrected chi connectivity index (χ4v) is 7.71. The number of nitrogens with zero attached hydrogens (tertiary/aromatic N) is 2. The van der Waals surface area contributed by atoms with Crippen molar-refractivity contribution in [3.8, 4) is 5.75 Å². The first kappa shape index (κ1) is 30.4. The van der Waals surface area contributed by atoms with Crippen LogP contribution in [0.15, 0.2) is 53.4 Å². The number of aryl methyl sites for hydroxylation is 1. The van der Waals surface area contributed by atoms with Crippen molar-refractivity contribution < 1.29 is 45.8 Å². The van der Waals surface area contributed by atoms with E-state index in [4.69, 9.17) is 9.47 Å². The maximum atomic E-state index is 14.0. The summed E-state index contributed by atoms with van der Waals surface area (Å²) in [6.45, 7) is 3.97. The molecule has 4 rings (SSSR count). The van der Waals surface area contributed by atoms with Crippen molar-refractivity contribution in [2.24, 2.45) is 0 Å². The second-order valence-electron chi connectivity index (χ2n) is 9.91. The van der Waals surface area contributed by atoms with Gasteiger partial charge >= 0.3 is 12.1 Å². The van der Waals surface area contributed by atoms with Crippen LogP contribution in [-0.4, -0.2) is 101 Å². The summed E-state index contributed by atoms with van der Waals surface area (Å²) in [5, 5.41) is 13.1. The van der Waals surface area contributed by atoms with Gasteiger partial charge in [-0.3, -0.25) is 4.79 Å². The highest BCUT2D eigenvalue weighted by molar-refractivity contribution is 7.93. The molecule has 1 unspecified atom stereocenters. The minimum atomic E-state index is -4.71. The number of hydrogen-bond acceptors (Lipinski definition) is 10. The van der Waals surface area contributed by atoms with Crippen molar-refractivity contribution in [2.75, 3.05) is 48.7 Å². The van der Waals surface area contributed by atoms with E-state index in [0.29, 0.717) is 30.6 Å². The molecule has 2 saturated heterocycles. The van der Waals surface area contributed by atoms with Gasteiger partial charge in [-0.1, -0.05) is 17.7 Å². The average Bonchev–Trinajstić information content (AvgIpc) is 2.93. The molecule has 0 spiro atoms. The molecule has 0 bridgehead atoms. The Hall–Kier alpha value is -3.53. The number of carboxylic acids is 1. The molecule has 0 aliphatic carbocycles. The summed E-state index contributed by atoms with van der Waals surface area (Å²) >= 11 is 0. The first-order valence-corrected chi connectivity index (χ1v) is 16.0. The topological polar surface area (TPSA) is 177 Å². The quantitative estimate of drug-likeness (QED) is 0.405. The summed E-state index contributed by atoms with van der Waals surface area (Å²) in [6, 6.07) is 9.14. The van der Waals surface area contributed by atoms with E-state index in [0.717, 1.165) is 12.5 Å². The van der Waals surface area contributed by atoms with E-state index in [-0.39, 0.29) is 28.6 Å². The number of carboxylic acid groups (broad SMARTS) is 1. The second kappa shape index (κ2) is 11.8. The van der Waals surface area contributed by atoms with Gasteiger partial charge in [0.15, 0.2) is 15.6 Å². The minimum Gasteiger partial charge on any atom is -0.479 e. The third-order valence-electron chi connectivity index (χ3n) is 6.95. The molecule has 41 heavy (non-hydrogen) atoms. The molecule has 2 aromatic carbocycles. The number of amides is 1. The number of ketones is 1. The highest BCUT2D eigenvalue weighted by Crippen LogP contribution is 2.35. The first-order chi connectivity index (χ1) is 19.3. The number of Topliss-reactive ketones (excluding diaryl/α,β-unsaturated/α-hetero) is 1. The van der Waals surface area contributed by atoms with Crippen molar-refractivity contribution >= 4 is 43.4 Å². The molecular weight excluding hydrogens is 578 g/mol. The molecule has 2 fully saturated rings. The number of morpholine rings is 1. The summed E-state index contributed by atoms with van der Waals surface area (Å²) in [4.78, 5) is 40.2. The number of sulfonamides is 1. The SMILES string of the molecule is Cc1ccc(S(=O)(=O)N(c2ccc(OC(=O)N3CCOCC3)cc2)[C@@](C)(C(=O)O)C(=O)C2CS(=O)(=O)CCN2)cc1. The Morgan fingerprint density at radius 3 is 2.24 bits per heavy atom. The number of nitrogens with one attached hydrogen (secondary N) is 1. The zero-order valence-corrected chi connectivity index (χ0v) is 24.1. The van der Waals surface area contributed by atoms with Crippen LogP contribution in [0.4, 0.5) is 10.5 Å². The Balaban J connectivity index is 1.77. The number of ether oxygens (including phenoxy) is 2. The van der Waals surface area contributed by atoms with Crippen molar-refractivity contribution in [3.63, 3.8) is 0 Å². The molecule has 2 aliphatic rings. The number of hydrogen-bond donors (Lipinski definition) is 2. The van der Waals surface area contributed by atoms with Gasteiger partial charge in [0, 0.05) is 19.6 Å². The van der Waals surface area contributed by atoms with Crippen molar-refractivity contribution in [3.05, 3.63) is 54.1 Å². The molecule has 0 saturated carbocycles. The van der Waals surface area contributed by atoms with Gasteiger partial charge in [-0.05, 0) is 50.2 Å². The lowest BCUT2D eigenvalue weighted by Crippen LogP contribution is -2.66. The Labute approximate surface area is 238 Å². The summed E-state index contributed by atoms with van der Waals surface area (Å²) in [5.41, 5.74) is -2.23. The Morgan fingerprint density at radius 1 is 1.07 bits per heavy atom. The molecule has 15 heteroatoms. The van der Waals surface area contributed by atoms with Crippen LogP contribution in [0.5, 0.6) is 5.75 Å². The molecule has 2 N–H and O–H groups in total. The summed E-state index contributed by atoms with van der Waals surface area (Å²) in [5.74, 6) is -3.81. The zero-order chi connectivity index (χ0) is 30.0. The van der Waals surface area contributed by atoms with E-state index < -0.39 is 55.0 Å². The highest BCUT2D eigenvalue weighted by atomic mass is 32.2. The zero-order valence-electron chi connectivity index (χ0n) is 22.5. The number of carbonyl (C=O) groups is 3. The van der Waals surface area contributed by atoms with Crippen molar-refractivity contribution in [1.82, 2.24) is 10.2 Å². The predicted molar refractivity (Wildman–Crippen MR) is 147 cm³/mol. The van der Waals surface area contributed by atoms with Crippen molar-refractivity contribution in [2.45, 2.75) is 30.3 Å². The smallest absolute Gasteiger partial charge is 0.415 e. The Morgan fingerprint density at radius 2 is 1.68 bits per heavy atom. The third kappa shape index (κ3) is 6.37. The van der Waals surface area contributed by atoms with Gasteiger partial charge in [-0.2, -0.15) is 0 Å². The summed E-state index contributed by atoms with van der Waals surface area (Å²) in [6.07, 6.45) is -0.639. The van der Waals surface area contributed by atoms with Crippen LogP contribution < -0.4 is 14.4 Å². The minimum absolute atomic E-state index is 0.0568. The maximum absolute atomic E-state index is 14.0. The van der Waals surface area contributed by atoms with Gasteiger partial charge < -0.3 is 24.8 Å². The maximum Gasteiger partial charge on any atom is 0.415 e. The van der Waals surface area contributed by atoms with E-state index in [1.54, 1.807) is 6.92 Å². The molecule has 222 valence electrons. The molecule has 0 aromatic heterocycles. The summed E-state index contributed by atoms with van der Waals surface area (Å²) < 4.78 is 63.7. The van der Waals surface area contributed by atoms with Gasteiger partial charge in [0.2, 0.25) is 5.54 Å². The van der Waals surface area contributed by atoms with Gasteiger partial charge in [-0.15, -0.1) is 0 Å². The lowest BCUT2D eigenvalue weighted by molar-refractivity contribution is -0.147. The van der Waals surface area contributed by atoms with E-state index >= 15 is 0 Å². The van der Waals surface area contributed by atoms with E-state index in [1.165, 1.54) is 53.4 Å². The third-order valence-corrected chi connectivity index (χ3v) is 10.5. The molecule has 0 radical (unpaired) electrons. The number of aliphatic carboxylic acids is 1. The number of carbonyl (C=O) groups excluding carboxylic acids is 2. The second-order valence-corrected chi connectivity index (χ2v) is 13.9. The van der Waals surface area contributed by atoms with E-state index in [9.17, 15) is 36.3 Å². The molecule has 13 nitrogen and oxygen atoms in total. The monoisotopic (exact) mass is 609 g/mol. The van der Waals surface area contributed by atoms with Gasteiger partial charge in [-0.25, -0.2) is 30.7 Å². The van der Waals surface area contributed by atoms with Gasteiger partial charge in [0.05, 0.1) is 41.3 Å². The Kier molecular flexibility index (Phi) is 8.73. The first-order valence-electron chi connectivity index (χ1n) is 12.7. The van der Waals surface area contributed by atoms with E-state index in [2.05, 4.69) is 5.32 Å². The molecule has 2 atom stereocenters. The van der Waals surface area contributed by atoms with Gasteiger partial charge in [0.25, 0.3) is 10.0 Å². The number of benzene rings is 2. The largest absolute Gasteiger partial charge is 0.479 e. The fourth-order valence-electron chi connectivity index (χ4n) is 4.60. The summed E-state index contributed by atoms with van der Waals surface area (Å²) in [7, 11) is -8.39. The van der Waals surface area contributed by atoms with Crippen LogP contribution in [-0.2, 0) is 34.2 Å². The van der Waals surface area contributed by atoms with E-state index in [1.807, 2.05) is 0 Å². The van der Waals surface area contributed by atoms with Crippen LogP contribution >= 0.6 is 0 Å².